The van der Waals surface area contributed by atoms with Gasteiger partial charge >= 0.3 is 0 Å². The van der Waals surface area contributed by atoms with Crippen LogP contribution in [0.1, 0.15) is 23.6 Å². The predicted molar refractivity (Wildman–Crippen MR) is 88.6 cm³/mol. The Morgan fingerprint density at radius 3 is 2.77 bits per heavy atom. The fraction of sp³-hybridized carbons (Fsp3) is 0.176. The van der Waals surface area contributed by atoms with Gasteiger partial charge in [0.25, 0.3) is 0 Å². The molecule has 0 aliphatic rings. The summed E-state index contributed by atoms with van der Waals surface area (Å²) in [5.41, 5.74) is 10.1. The molecule has 22 heavy (non-hydrogen) atoms. The molecule has 1 aromatic carbocycles. The summed E-state index contributed by atoms with van der Waals surface area (Å²) in [5, 5.41) is 1.47. The molecule has 114 valence electrons. The number of hydrogen-bond acceptors (Lipinski definition) is 5. The number of hydrazine groups is 1. The highest BCUT2D eigenvalue weighted by Crippen LogP contribution is 2.21. The maximum Gasteiger partial charge on any atom is 0.134 e. The van der Waals surface area contributed by atoms with E-state index in [4.69, 9.17) is 11.6 Å². The van der Waals surface area contributed by atoms with Crippen LogP contribution in [0.3, 0.4) is 0 Å². The van der Waals surface area contributed by atoms with Crippen molar-refractivity contribution in [3.05, 3.63) is 65.6 Å². The van der Waals surface area contributed by atoms with Crippen molar-refractivity contribution in [2.45, 2.75) is 20.3 Å². The lowest BCUT2D eigenvalue weighted by Gasteiger charge is -2.18. The number of carbonyl (C=O) groups excluding carboxylic acids is 1. The maximum absolute atomic E-state index is 11.3. The lowest BCUT2D eigenvalue weighted by atomic mass is 10.1. The Balaban J connectivity index is 2.29. The first-order valence-corrected chi connectivity index (χ1v) is 6.98. The highest BCUT2D eigenvalue weighted by molar-refractivity contribution is 5.78. The van der Waals surface area contributed by atoms with Crippen molar-refractivity contribution in [1.29, 1.82) is 0 Å². The molecule has 0 aliphatic heterocycles. The Labute approximate surface area is 130 Å². The molecule has 2 aromatic rings. The number of nitrogens with two attached hydrogens (primary N) is 2. The van der Waals surface area contributed by atoms with E-state index in [1.807, 2.05) is 37.3 Å². The molecule has 0 spiro atoms. The standard InChI is InChI=1S/C17H20N4O/c1-12-5-6-14(8-13(2)22)9-17(12)21(19)11-16(18)15-4-3-7-20-10-15/h3-7,9-11H,8,18-19H2,1-2H3/b16-11-. The molecule has 0 fully saturated rings. The van der Waals surface area contributed by atoms with Crippen molar-refractivity contribution in [2.24, 2.45) is 11.6 Å². The van der Waals surface area contributed by atoms with Crippen molar-refractivity contribution >= 4 is 17.2 Å². The molecule has 5 heteroatoms. The molecule has 4 N–H and O–H groups in total. The smallest absolute Gasteiger partial charge is 0.134 e. The van der Waals surface area contributed by atoms with E-state index in [0.29, 0.717) is 12.1 Å². The van der Waals surface area contributed by atoms with Gasteiger partial charge in [-0.2, -0.15) is 0 Å². The minimum atomic E-state index is 0.115. The Morgan fingerprint density at radius 1 is 1.36 bits per heavy atom. The van der Waals surface area contributed by atoms with Crippen LogP contribution < -0.4 is 16.6 Å². The number of pyridine rings is 1. The summed E-state index contributed by atoms with van der Waals surface area (Å²) < 4.78 is 0. The number of aromatic nitrogens is 1. The second-order valence-corrected chi connectivity index (χ2v) is 5.23. The largest absolute Gasteiger partial charge is 0.397 e. The summed E-state index contributed by atoms with van der Waals surface area (Å²) in [6.07, 6.45) is 5.41. The third-order valence-electron chi connectivity index (χ3n) is 3.28. The van der Waals surface area contributed by atoms with Gasteiger partial charge in [-0.15, -0.1) is 0 Å². The molecule has 0 aliphatic carbocycles. The van der Waals surface area contributed by atoms with Crippen LogP contribution in [0.15, 0.2) is 48.9 Å². The van der Waals surface area contributed by atoms with Crippen LogP contribution in [-0.4, -0.2) is 10.8 Å². The molecule has 0 atom stereocenters. The summed E-state index contributed by atoms with van der Waals surface area (Å²) in [4.78, 5) is 15.3. The van der Waals surface area contributed by atoms with Crippen molar-refractivity contribution in [2.75, 3.05) is 5.01 Å². The lowest BCUT2D eigenvalue weighted by molar-refractivity contribution is -0.116. The SMILES string of the molecule is CC(=O)Cc1ccc(C)c(N(N)/C=C(\N)c2cccnc2)c1. The molecule has 0 unspecified atom stereocenters. The summed E-state index contributed by atoms with van der Waals surface area (Å²) in [6.45, 7) is 3.53. The monoisotopic (exact) mass is 296 g/mol. The number of benzene rings is 1. The number of anilines is 1. The highest BCUT2D eigenvalue weighted by atomic mass is 16.1. The number of carbonyl (C=O) groups is 1. The minimum Gasteiger partial charge on any atom is -0.397 e. The zero-order chi connectivity index (χ0) is 16.1. The van der Waals surface area contributed by atoms with E-state index in [1.165, 1.54) is 5.01 Å². The van der Waals surface area contributed by atoms with E-state index in [-0.39, 0.29) is 5.78 Å². The predicted octanol–water partition coefficient (Wildman–Crippen LogP) is 2.16. The molecule has 2 rings (SSSR count). The fourth-order valence-corrected chi connectivity index (χ4v) is 2.16. The first-order chi connectivity index (χ1) is 10.5. The molecule has 0 saturated heterocycles. The van der Waals surface area contributed by atoms with E-state index < -0.39 is 0 Å². The number of rotatable bonds is 5. The van der Waals surface area contributed by atoms with Crippen LogP contribution in [0.5, 0.6) is 0 Å². The van der Waals surface area contributed by atoms with Gasteiger partial charge in [0.05, 0.1) is 11.4 Å². The first kappa shape index (κ1) is 15.7. The van der Waals surface area contributed by atoms with Gasteiger partial charge in [-0.25, -0.2) is 5.84 Å². The number of ketones is 1. The van der Waals surface area contributed by atoms with Crippen LogP contribution >= 0.6 is 0 Å². The molecule has 0 amide bonds. The zero-order valence-electron chi connectivity index (χ0n) is 12.8. The van der Waals surface area contributed by atoms with Crippen molar-refractivity contribution in [3.8, 4) is 0 Å². The van der Waals surface area contributed by atoms with Gasteiger partial charge in [-0.05, 0) is 43.2 Å². The minimum absolute atomic E-state index is 0.115. The zero-order valence-corrected chi connectivity index (χ0v) is 12.8. The summed E-state index contributed by atoms with van der Waals surface area (Å²) in [6, 6.07) is 9.47. The van der Waals surface area contributed by atoms with E-state index in [1.54, 1.807) is 25.5 Å². The molecule has 0 bridgehead atoms. The Hall–Kier alpha value is -2.66. The van der Waals surface area contributed by atoms with Gasteiger partial charge in [0.2, 0.25) is 0 Å². The summed E-state index contributed by atoms with van der Waals surface area (Å²) >= 11 is 0. The van der Waals surface area contributed by atoms with E-state index >= 15 is 0 Å². The number of hydrogen-bond donors (Lipinski definition) is 2. The van der Waals surface area contributed by atoms with Gasteiger partial charge in [0.15, 0.2) is 0 Å². The summed E-state index contributed by atoms with van der Waals surface area (Å²) in [5.74, 6) is 6.22. The van der Waals surface area contributed by atoms with Crippen molar-refractivity contribution < 1.29 is 4.79 Å². The molecule has 0 saturated carbocycles. The van der Waals surface area contributed by atoms with Gasteiger partial charge < -0.3 is 5.73 Å². The molecule has 5 nitrogen and oxygen atoms in total. The molecular weight excluding hydrogens is 276 g/mol. The normalized spacial score (nSPS) is 11.3. The van der Waals surface area contributed by atoms with E-state index in [2.05, 4.69) is 4.98 Å². The third-order valence-corrected chi connectivity index (χ3v) is 3.28. The quantitative estimate of drug-likeness (QED) is 0.652. The molecule has 1 aromatic heterocycles. The van der Waals surface area contributed by atoms with Crippen LogP contribution in [-0.2, 0) is 11.2 Å². The summed E-state index contributed by atoms with van der Waals surface area (Å²) in [7, 11) is 0. The second kappa shape index (κ2) is 6.87. The van der Waals surface area contributed by atoms with Crippen LogP contribution in [0, 0.1) is 6.92 Å². The third kappa shape index (κ3) is 3.93. The maximum atomic E-state index is 11.3. The van der Waals surface area contributed by atoms with Gasteiger partial charge in [-0.1, -0.05) is 12.1 Å². The van der Waals surface area contributed by atoms with Gasteiger partial charge in [0, 0.05) is 30.6 Å². The molecular formula is C17H20N4O. The van der Waals surface area contributed by atoms with E-state index in [0.717, 1.165) is 22.4 Å². The Kier molecular flexibility index (Phi) is 4.91. The molecule has 0 radical (unpaired) electrons. The van der Waals surface area contributed by atoms with E-state index in [9.17, 15) is 4.79 Å². The van der Waals surface area contributed by atoms with Crippen LogP contribution in [0.2, 0.25) is 0 Å². The Bertz CT molecular complexity index is 695. The van der Waals surface area contributed by atoms with Crippen LogP contribution in [0.4, 0.5) is 5.69 Å². The van der Waals surface area contributed by atoms with Gasteiger partial charge in [0.1, 0.15) is 5.78 Å². The number of aryl methyl sites for hydroxylation is 1. The lowest BCUT2D eigenvalue weighted by Crippen LogP contribution is -2.26. The Morgan fingerprint density at radius 2 is 2.14 bits per heavy atom. The average Bonchev–Trinajstić information content (AvgIpc) is 2.49. The first-order valence-electron chi connectivity index (χ1n) is 6.98. The van der Waals surface area contributed by atoms with Gasteiger partial charge in [-0.3, -0.25) is 14.8 Å². The number of nitrogens with zero attached hydrogens (tertiary/aromatic N) is 2. The van der Waals surface area contributed by atoms with Crippen molar-refractivity contribution in [3.63, 3.8) is 0 Å². The van der Waals surface area contributed by atoms with Crippen molar-refractivity contribution in [1.82, 2.24) is 4.98 Å². The topological polar surface area (TPSA) is 85.2 Å². The molecule has 1 heterocycles. The number of Topliss-reactive ketones (excluding diaryl/α,β-unsaturated/α-hetero) is 1. The average molecular weight is 296 g/mol. The second-order valence-electron chi connectivity index (χ2n) is 5.23. The highest BCUT2D eigenvalue weighted by Gasteiger charge is 2.07. The fourth-order valence-electron chi connectivity index (χ4n) is 2.16. The van der Waals surface area contributed by atoms with Crippen LogP contribution in [0.25, 0.3) is 5.70 Å².